The van der Waals surface area contributed by atoms with Crippen LogP contribution in [0, 0.1) is 6.92 Å². The van der Waals surface area contributed by atoms with Crippen molar-refractivity contribution in [1.82, 2.24) is 14.9 Å². The van der Waals surface area contributed by atoms with Gasteiger partial charge in [-0.05, 0) is 31.9 Å². The number of pyridine rings is 1. The fourth-order valence-corrected chi connectivity index (χ4v) is 3.48. The topological polar surface area (TPSA) is 78.4 Å². The molecule has 0 saturated carbocycles. The highest BCUT2D eigenvalue weighted by Crippen LogP contribution is 2.20. The smallest absolute Gasteiger partial charge is 0.272 e. The molecule has 2 aromatic heterocycles. The van der Waals surface area contributed by atoms with Crippen molar-refractivity contribution < 1.29 is 9.90 Å². The SMILES string of the molecule is Cc1ncsc1CNc1cccc(C(=O)N2CCC[C@H]2CO)n1. The highest BCUT2D eigenvalue weighted by atomic mass is 32.1. The number of likely N-dealkylation sites (tertiary alicyclic amines) is 1. The normalized spacial score (nSPS) is 17.5. The van der Waals surface area contributed by atoms with Crippen LogP contribution < -0.4 is 5.32 Å². The Bertz CT molecular complexity index is 688. The van der Waals surface area contributed by atoms with Gasteiger partial charge in [0.1, 0.15) is 11.5 Å². The summed E-state index contributed by atoms with van der Waals surface area (Å²) in [5, 5.41) is 12.6. The number of nitrogens with one attached hydrogen (secondary N) is 1. The minimum absolute atomic E-state index is 0.00827. The van der Waals surface area contributed by atoms with Crippen LogP contribution in [0.3, 0.4) is 0 Å². The summed E-state index contributed by atoms with van der Waals surface area (Å²) in [6.07, 6.45) is 1.78. The maximum absolute atomic E-state index is 12.6. The monoisotopic (exact) mass is 332 g/mol. The Hall–Kier alpha value is -1.99. The lowest BCUT2D eigenvalue weighted by atomic mass is 10.2. The molecule has 6 nitrogen and oxygen atoms in total. The van der Waals surface area contributed by atoms with Gasteiger partial charge in [-0.3, -0.25) is 4.79 Å². The number of hydrogen-bond donors (Lipinski definition) is 2. The van der Waals surface area contributed by atoms with E-state index in [0.717, 1.165) is 23.4 Å². The molecular weight excluding hydrogens is 312 g/mol. The molecule has 0 bridgehead atoms. The summed E-state index contributed by atoms with van der Waals surface area (Å²) < 4.78 is 0. The minimum Gasteiger partial charge on any atom is -0.394 e. The van der Waals surface area contributed by atoms with E-state index in [1.165, 1.54) is 0 Å². The fourth-order valence-electron chi connectivity index (χ4n) is 2.76. The van der Waals surface area contributed by atoms with E-state index in [2.05, 4.69) is 15.3 Å². The predicted molar refractivity (Wildman–Crippen MR) is 89.6 cm³/mol. The van der Waals surface area contributed by atoms with Gasteiger partial charge in [0, 0.05) is 11.4 Å². The number of carbonyl (C=O) groups is 1. The molecule has 1 fully saturated rings. The van der Waals surface area contributed by atoms with E-state index in [0.29, 0.717) is 24.6 Å². The van der Waals surface area contributed by atoms with Gasteiger partial charge in [-0.25, -0.2) is 9.97 Å². The summed E-state index contributed by atoms with van der Waals surface area (Å²) in [4.78, 5) is 24.1. The zero-order valence-electron chi connectivity index (χ0n) is 13.0. The summed E-state index contributed by atoms with van der Waals surface area (Å²) in [6.45, 7) is 3.31. The second-order valence-electron chi connectivity index (χ2n) is 5.60. The van der Waals surface area contributed by atoms with Crippen LogP contribution in [0.1, 0.15) is 33.9 Å². The molecule has 1 aliphatic rings. The highest BCUT2D eigenvalue weighted by molar-refractivity contribution is 7.09. The predicted octanol–water partition coefficient (Wildman–Crippen LogP) is 2.06. The molecule has 0 spiro atoms. The van der Waals surface area contributed by atoms with Crippen molar-refractivity contribution in [2.24, 2.45) is 0 Å². The summed E-state index contributed by atoms with van der Waals surface area (Å²) in [5.41, 5.74) is 3.25. The molecule has 3 rings (SSSR count). The molecule has 1 aliphatic heterocycles. The Morgan fingerprint density at radius 3 is 3.13 bits per heavy atom. The van der Waals surface area contributed by atoms with Gasteiger partial charge in [0.2, 0.25) is 0 Å². The van der Waals surface area contributed by atoms with E-state index < -0.39 is 0 Å². The highest BCUT2D eigenvalue weighted by Gasteiger charge is 2.29. The number of carbonyl (C=O) groups excluding carboxylic acids is 1. The van der Waals surface area contributed by atoms with Gasteiger partial charge in [0.05, 0.1) is 30.4 Å². The van der Waals surface area contributed by atoms with Crippen molar-refractivity contribution in [3.05, 3.63) is 40.0 Å². The molecule has 2 aromatic rings. The molecule has 2 N–H and O–H groups in total. The molecule has 3 heterocycles. The van der Waals surface area contributed by atoms with Crippen LogP contribution in [0.4, 0.5) is 5.82 Å². The van der Waals surface area contributed by atoms with Gasteiger partial charge in [0.15, 0.2) is 0 Å². The van der Waals surface area contributed by atoms with Gasteiger partial charge in [0.25, 0.3) is 5.91 Å². The molecule has 1 amide bonds. The number of nitrogens with zero attached hydrogens (tertiary/aromatic N) is 3. The van der Waals surface area contributed by atoms with Crippen molar-refractivity contribution in [3.8, 4) is 0 Å². The van der Waals surface area contributed by atoms with E-state index >= 15 is 0 Å². The molecule has 122 valence electrons. The molecule has 0 unspecified atom stereocenters. The molecule has 0 aliphatic carbocycles. The third-order valence-electron chi connectivity index (χ3n) is 4.09. The molecule has 23 heavy (non-hydrogen) atoms. The minimum atomic E-state index is -0.112. The van der Waals surface area contributed by atoms with E-state index in [-0.39, 0.29) is 18.6 Å². The lowest BCUT2D eigenvalue weighted by Crippen LogP contribution is -2.38. The fraction of sp³-hybridized carbons (Fsp3) is 0.438. The average molecular weight is 332 g/mol. The molecule has 1 atom stereocenters. The van der Waals surface area contributed by atoms with Crippen LogP contribution in [0.25, 0.3) is 0 Å². The van der Waals surface area contributed by atoms with Crippen molar-refractivity contribution in [2.75, 3.05) is 18.5 Å². The molecule has 7 heteroatoms. The number of anilines is 1. The van der Waals surface area contributed by atoms with Gasteiger partial charge in [-0.15, -0.1) is 11.3 Å². The first-order valence-corrected chi connectivity index (χ1v) is 8.58. The van der Waals surface area contributed by atoms with Crippen molar-refractivity contribution in [1.29, 1.82) is 0 Å². The van der Waals surface area contributed by atoms with Crippen LogP contribution in [-0.2, 0) is 6.54 Å². The standard InChI is InChI=1S/C16H20N4O2S/c1-11-14(23-10-18-11)8-17-15-6-2-5-13(19-15)16(22)20-7-3-4-12(20)9-21/h2,5-6,10,12,21H,3-4,7-9H2,1H3,(H,17,19)/t12-/m0/s1. The number of hydrogen-bond acceptors (Lipinski definition) is 6. The van der Waals surface area contributed by atoms with Gasteiger partial charge in [-0.1, -0.05) is 6.07 Å². The van der Waals surface area contributed by atoms with Gasteiger partial charge < -0.3 is 15.3 Å². The van der Waals surface area contributed by atoms with Gasteiger partial charge in [-0.2, -0.15) is 0 Å². The lowest BCUT2D eigenvalue weighted by molar-refractivity contribution is 0.0672. The quantitative estimate of drug-likeness (QED) is 0.876. The van der Waals surface area contributed by atoms with Crippen molar-refractivity contribution in [3.63, 3.8) is 0 Å². The zero-order chi connectivity index (χ0) is 16.2. The number of aryl methyl sites for hydroxylation is 1. The lowest BCUT2D eigenvalue weighted by Gasteiger charge is -2.22. The number of rotatable bonds is 5. The second-order valence-corrected chi connectivity index (χ2v) is 6.54. The Morgan fingerprint density at radius 1 is 1.52 bits per heavy atom. The third kappa shape index (κ3) is 3.51. The Labute approximate surface area is 139 Å². The Morgan fingerprint density at radius 2 is 2.39 bits per heavy atom. The zero-order valence-corrected chi connectivity index (χ0v) is 13.8. The van der Waals surface area contributed by atoms with Gasteiger partial charge >= 0.3 is 0 Å². The molecule has 1 saturated heterocycles. The maximum atomic E-state index is 12.6. The van der Waals surface area contributed by atoms with Crippen LogP contribution in [-0.4, -0.2) is 45.1 Å². The van der Waals surface area contributed by atoms with E-state index in [1.807, 2.05) is 24.6 Å². The Kier molecular flexibility index (Phi) is 4.88. The number of aliphatic hydroxyl groups excluding tert-OH is 1. The molecule has 0 aromatic carbocycles. The number of thiazole rings is 1. The summed E-state index contributed by atoms with van der Waals surface area (Å²) >= 11 is 1.60. The van der Waals surface area contributed by atoms with Crippen LogP contribution in [0.5, 0.6) is 0 Å². The van der Waals surface area contributed by atoms with Crippen LogP contribution >= 0.6 is 11.3 Å². The first-order valence-electron chi connectivity index (χ1n) is 7.70. The van der Waals surface area contributed by atoms with E-state index in [1.54, 1.807) is 22.3 Å². The number of aliphatic hydroxyl groups is 1. The summed E-state index contributed by atoms with van der Waals surface area (Å²) in [5.74, 6) is 0.558. The average Bonchev–Trinajstić information content (AvgIpc) is 3.21. The number of aromatic nitrogens is 2. The Balaban J connectivity index is 1.69. The maximum Gasteiger partial charge on any atom is 0.272 e. The largest absolute Gasteiger partial charge is 0.394 e. The summed E-state index contributed by atoms with van der Waals surface area (Å²) in [7, 11) is 0. The van der Waals surface area contributed by atoms with Crippen molar-refractivity contribution in [2.45, 2.75) is 32.4 Å². The molecular formula is C16H20N4O2S. The van der Waals surface area contributed by atoms with Crippen LogP contribution in [0.15, 0.2) is 23.7 Å². The summed E-state index contributed by atoms with van der Waals surface area (Å²) in [6, 6.07) is 5.31. The van der Waals surface area contributed by atoms with E-state index in [9.17, 15) is 9.90 Å². The first-order chi connectivity index (χ1) is 11.2. The second kappa shape index (κ2) is 7.06. The molecule has 0 radical (unpaired) electrons. The van der Waals surface area contributed by atoms with Crippen molar-refractivity contribution >= 4 is 23.1 Å². The third-order valence-corrected chi connectivity index (χ3v) is 5.03. The number of amides is 1. The van der Waals surface area contributed by atoms with E-state index in [4.69, 9.17) is 0 Å². The van der Waals surface area contributed by atoms with Crippen LogP contribution in [0.2, 0.25) is 0 Å². The first kappa shape index (κ1) is 15.9.